The number of ether oxygens (including phenoxy) is 1. The van der Waals surface area contributed by atoms with Crippen LogP contribution in [0.15, 0.2) is 36.4 Å². The number of hydrogen-bond donors (Lipinski definition) is 1. The summed E-state index contributed by atoms with van der Waals surface area (Å²) in [5, 5.41) is 2.09. The van der Waals surface area contributed by atoms with Crippen LogP contribution in [-0.4, -0.2) is 37.1 Å². The summed E-state index contributed by atoms with van der Waals surface area (Å²) in [5.74, 6) is 0.873. The summed E-state index contributed by atoms with van der Waals surface area (Å²) in [7, 11) is 4.05. The van der Waals surface area contributed by atoms with Gasteiger partial charge in [0.05, 0.1) is 0 Å². The van der Waals surface area contributed by atoms with Crippen LogP contribution in [0.5, 0.6) is 5.75 Å². The van der Waals surface area contributed by atoms with E-state index in [1.165, 1.54) is 0 Å². The third-order valence-electron chi connectivity index (χ3n) is 2.95. The van der Waals surface area contributed by atoms with E-state index < -0.39 is 0 Å². The zero-order chi connectivity index (χ0) is 13.8. The van der Waals surface area contributed by atoms with Gasteiger partial charge >= 0.3 is 0 Å². The Balaban J connectivity index is 2.36. The molecule has 2 rings (SSSR count). The molecule has 0 aromatic heterocycles. The highest BCUT2D eigenvalue weighted by atomic mass is 32.1. The van der Waals surface area contributed by atoms with Crippen molar-refractivity contribution in [2.75, 3.05) is 27.2 Å². The Morgan fingerprint density at radius 3 is 2.47 bits per heavy atom. The maximum Gasteiger partial charge on any atom is 0.127 e. The molecule has 0 amide bonds. The van der Waals surface area contributed by atoms with Crippen molar-refractivity contribution in [1.29, 1.82) is 0 Å². The molecule has 0 spiro atoms. The van der Waals surface area contributed by atoms with Crippen molar-refractivity contribution in [1.82, 2.24) is 4.90 Å². The zero-order valence-electron chi connectivity index (χ0n) is 11.2. The van der Waals surface area contributed by atoms with Gasteiger partial charge in [-0.1, -0.05) is 36.5 Å². The van der Waals surface area contributed by atoms with Crippen LogP contribution in [0.1, 0.15) is 5.56 Å². The van der Waals surface area contributed by atoms with Gasteiger partial charge in [-0.25, -0.2) is 0 Å². The fraction of sp³-hybridized carbons (Fsp3) is 0.267. The molecule has 0 saturated heterocycles. The number of nitrogens with zero attached hydrogens (tertiary/aromatic N) is 1. The van der Waals surface area contributed by atoms with E-state index in [-0.39, 0.29) is 0 Å². The van der Waals surface area contributed by atoms with Crippen LogP contribution in [0, 0.1) is 0 Å². The molecule has 0 saturated carbocycles. The predicted octanol–water partition coefficient (Wildman–Crippen LogP) is 2.41. The van der Waals surface area contributed by atoms with E-state index in [0.717, 1.165) is 28.6 Å². The van der Waals surface area contributed by atoms with Crippen LogP contribution in [0.25, 0.3) is 10.8 Å². The lowest BCUT2D eigenvalue weighted by atomic mass is 10.0. The Morgan fingerprint density at radius 2 is 1.84 bits per heavy atom. The van der Waals surface area contributed by atoms with Gasteiger partial charge in [-0.05, 0) is 31.6 Å². The summed E-state index contributed by atoms with van der Waals surface area (Å²) < 4.78 is 5.84. The minimum Gasteiger partial charge on any atom is -0.492 e. The largest absolute Gasteiger partial charge is 0.492 e. The maximum absolute atomic E-state index is 5.84. The molecule has 2 N–H and O–H groups in total. The van der Waals surface area contributed by atoms with Gasteiger partial charge in [-0.2, -0.15) is 0 Å². The Kier molecular flexibility index (Phi) is 4.35. The topological polar surface area (TPSA) is 38.5 Å². The standard InChI is InChI=1S/C15H18N2OS/c1-17(2)9-10-18-14-8-7-13(15(16)19)11-5-3-4-6-12(11)14/h3-8H,9-10H2,1-2H3,(H2,16,19). The molecule has 0 fully saturated rings. The molecule has 2 aromatic carbocycles. The average molecular weight is 274 g/mol. The van der Waals surface area contributed by atoms with E-state index in [0.29, 0.717) is 11.6 Å². The van der Waals surface area contributed by atoms with Gasteiger partial charge in [0.15, 0.2) is 0 Å². The minimum absolute atomic E-state index is 0.413. The fourth-order valence-corrected chi connectivity index (χ4v) is 2.13. The van der Waals surface area contributed by atoms with E-state index in [4.69, 9.17) is 22.7 Å². The molecule has 4 heteroatoms. The zero-order valence-corrected chi connectivity index (χ0v) is 12.0. The predicted molar refractivity (Wildman–Crippen MR) is 83.9 cm³/mol. The van der Waals surface area contributed by atoms with Gasteiger partial charge in [-0.3, -0.25) is 0 Å². The molecule has 0 heterocycles. The van der Waals surface area contributed by atoms with Crippen molar-refractivity contribution in [2.45, 2.75) is 0 Å². The van der Waals surface area contributed by atoms with E-state index in [1.54, 1.807) is 0 Å². The van der Waals surface area contributed by atoms with Crippen LogP contribution in [0.4, 0.5) is 0 Å². The normalized spacial score (nSPS) is 10.9. The Hall–Kier alpha value is -1.65. The maximum atomic E-state index is 5.84. The number of rotatable bonds is 5. The van der Waals surface area contributed by atoms with E-state index in [2.05, 4.69) is 4.90 Å². The number of nitrogens with two attached hydrogens (primary N) is 1. The second-order valence-corrected chi connectivity index (χ2v) is 5.11. The smallest absolute Gasteiger partial charge is 0.127 e. The molecule has 100 valence electrons. The third kappa shape index (κ3) is 3.22. The summed E-state index contributed by atoms with van der Waals surface area (Å²) >= 11 is 5.08. The summed E-state index contributed by atoms with van der Waals surface area (Å²) in [5.41, 5.74) is 6.65. The van der Waals surface area contributed by atoms with Crippen LogP contribution in [0.2, 0.25) is 0 Å². The number of fused-ring (bicyclic) bond motifs is 1. The van der Waals surface area contributed by atoms with Gasteiger partial charge < -0.3 is 15.4 Å². The lowest BCUT2D eigenvalue weighted by molar-refractivity contribution is 0.263. The quantitative estimate of drug-likeness (QED) is 0.850. The SMILES string of the molecule is CN(C)CCOc1ccc(C(N)=S)c2ccccc12. The summed E-state index contributed by atoms with van der Waals surface area (Å²) in [6, 6.07) is 11.9. The molecule has 19 heavy (non-hydrogen) atoms. The van der Waals surface area contributed by atoms with E-state index in [1.807, 2.05) is 50.5 Å². The van der Waals surface area contributed by atoms with Gasteiger partial charge in [0, 0.05) is 17.5 Å². The second-order valence-electron chi connectivity index (χ2n) is 4.67. The van der Waals surface area contributed by atoms with Gasteiger partial charge in [-0.15, -0.1) is 0 Å². The Labute approximate surface area is 119 Å². The molecule has 0 unspecified atom stereocenters. The van der Waals surface area contributed by atoms with E-state index >= 15 is 0 Å². The summed E-state index contributed by atoms with van der Waals surface area (Å²) in [6.07, 6.45) is 0. The van der Waals surface area contributed by atoms with Crippen LogP contribution >= 0.6 is 12.2 Å². The lowest BCUT2D eigenvalue weighted by Crippen LogP contribution is -2.19. The highest BCUT2D eigenvalue weighted by molar-refractivity contribution is 7.80. The highest BCUT2D eigenvalue weighted by Gasteiger charge is 2.08. The van der Waals surface area contributed by atoms with Crippen molar-refractivity contribution >= 4 is 28.0 Å². The molecular formula is C15H18N2OS. The molecule has 0 bridgehead atoms. The first kappa shape index (κ1) is 13.8. The first-order valence-electron chi connectivity index (χ1n) is 6.18. The fourth-order valence-electron chi connectivity index (χ4n) is 1.95. The highest BCUT2D eigenvalue weighted by Crippen LogP contribution is 2.28. The van der Waals surface area contributed by atoms with Crippen LogP contribution < -0.4 is 10.5 Å². The van der Waals surface area contributed by atoms with Crippen molar-refractivity contribution in [3.63, 3.8) is 0 Å². The molecule has 3 nitrogen and oxygen atoms in total. The van der Waals surface area contributed by atoms with Gasteiger partial charge in [0.1, 0.15) is 17.3 Å². The van der Waals surface area contributed by atoms with Gasteiger partial charge in [0.25, 0.3) is 0 Å². The molecular weight excluding hydrogens is 256 g/mol. The number of benzene rings is 2. The molecule has 2 aromatic rings. The van der Waals surface area contributed by atoms with Crippen molar-refractivity contribution in [3.8, 4) is 5.75 Å². The van der Waals surface area contributed by atoms with Crippen molar-refractivity contribution in [3.05, 3.63) is 42.0 Å². The Bertz CT molecular complexity index is 596. The molecule has 0 aliphatic rings. The van der Waals surface area contributed by atoms with Crippen LogP contribution in [-0.2, 0) is 0 Å². The number of hydrogen-bond acceptors (Lipinski definition) is 3. The molecule has 0 aliphatic heterocycles. The summed E-state index contributed by atoms with van der Waals surface area (Å²) in [4.78, 5) is 2.50. The molecule has 0 radical (unpaired) electrons. The van der Waals surface area contributed by atoms with Crippen molar-refractivity contribution in [2.24, 2.45) is 5.73 Å². The molecule has 0 aliphatic carbocycles. The van der Waals surface area contributed by atoms with Gasteiger partial charge in [0.2, 0.25) is 0 Å². The average Bonchev–Trinajstić information content (AvgIpc) is 2.38. The lowest BCUT2D eigenvalue weighted by Gasteiger charge is -2.14. The van der Waals surface area contributed by atoms with Crippen LogP contribution in [0.3, 0.4) is 0 Å². The second kappa shape index (κ2) is 5.99. The van der Waals surface area contributed by atoms with Crippen molar-refractivity contribution < 1.29 is 4.74 Å². The minimum atomic E-state index is 0.413. The Morgan fingerprint density at radius 1 is 1.16 bits per heavy atom. The third-order valence-corrected chi connectivity index (χ3v) is 3.17. The first-order valence-corrected chi connectivity index (χ1v) is 6.59. The monoisotopic (exact) mass is 274 g/mol. The number of thiocarbonyl (C=S) groups is 1. The molecule has 0 atom stereocenters. The van der Waals surface area contributed by atoms with E-state index in [9.17, 15) is 0 Å². The summed E-state index contributed by atoms with van der Waals surface area (Å²) in [6.45, 7) is 1.54. The number of likely N-dealkylation sites (N-methyl/N-ethyl adjacent to an activating group) is 1. The first-order chi connectivity index (χ1) is 9.09.